The molecule has 0 fully saturated rings. The van der Waals surface area contributed by atoms with Gasteiger partial charge in [-0.3, -0.25) is 4.79 Å². The summed E-state index contributed by atoms with van der Waals surface area (Å²) >= 11 is 0. The van der Waals surface area contributed by atoms with Gasteiger partial charge in [0, 0.05) is 24.4 Å². The van der Waals surface area contributed by atoms with Crippen molar-refractivity contribution in [2.45, 2.75) is 12.8 Å². The summed E-state index contributed by atoms with van der Waals surface area (Å²) in [5.41, 5.74) is 7.56. The zero-order chi connectivity index (χ0) is 19.0. The third kappa shape index (κ3) is 2.47. The van der Waals surface area contributed by atoms with Crippen LogP contribution in [-0.2, 0) is 7.05 Å². The van der Waals surface area contributed by atoms with E-state index in [9.17, 15) is 10.1 Å². The Hall–Kier alpha value is -3.40. The van der Waals surface area contributed by atoms with Gasteiger partial charge in [-0.05, 0) is 13.0 Å². The molecular formula is C19H19N3O4. The van der Waals surface area contributed by atoms with Crippen LogP contribution in [0.15, 0.2) is 40.5 Å². The molecule has 0 radical (unpaired) electrons. The lowest BCUT2D eigenvalue weighted by atomic mass is 9.83. The average molecular weight is 353 g/mol. The van der Waals surface area contributed by atoms with E-state index in [4.69, 9.17) is 19.9 Å². The van der Waals surface area contributed by atoms with Crippen molar-refractivity contribution in [3.05, 3.63) is 62.9 Å². The van der Waals surface area contributed by atoms with E-state index in [0.717, 1.165) is 5.69 Å². The predicted molar refractivity (Wildman–Crippen MR) is 95.3 cm³/mol. The Bertz CT molecular complexity index is 1010. The third-order valence-corrected chi connectivity index (χ3v) is 4.60. The number of aryl methyl sites for hydroxylation is 1. The van der Waals surface area contributed by atoms with Gasteiger partial charge in [-0.2, -0.15) is 5.26 Å². The van der Waals surface area contributed by atoms with E-state index in [0.29, 0.717) is 28.4 Å². The SMILES string of the molecule is COc1cccc([C@H]2C(C#N)=C(N)Oc3cc(C)n(C)c(=O)c32)c1OC. The van der Waals surface area contributed by atoms with Gasteiger partial charge in [-0.15, -0.1) is 0 Å². The molecule has 1 aromatic carbocycles. The summed E-state index contributed by atoms with van der Waals surface area (Å²) in [7, 11) is 4.71. The standard InChI is InChI=1S/C19H19N3O4/c1-10-8-14-16(19(23)22(10)2)15(12(9-20)18(21)26-14)11-6-5-7-13(24-3)17(11)25-4/h5-8,15H,21H2,1-4H3/t15-/m0/s1. The maximum Gasteiger partial charge on any atom is 0.258 e. The van der Waals surface area contributed by atoms with E-state index in [2.05, 4.69) is 6.07 Å². The molecule has 0 unspecified atom stereocenters. The molecule has 1 aliphatic rings. The second kappa shape index (κ2) is 6.48. The largest absolute Gasteiger partial charge is 0.493 e. The molecule has 0 saturated heterocycles. The van der Waals surface area contributed by atoms with Crippen LogP contribution < -0.4 is 25.5 Å². The van der Waals surface area contributed by atoms with Crippen LogP contribution in [-0.4, -0.2) is 18.8 Å². The van der Waals surface area contributed by atoms with Gasteiger partial charge in [-0.25, -0.2) is 0 Å². The van der Waals surface area contributed by atoms with Crippen LogP contribution in [0.3, 0.4) is 0 Å². The van der Waals surface area contributed by atoms with Crippen LogP contribution in [0.1, 0.15) is 22.7 Å². The molecule has 0 spiro atoms. The number of fused-ring (bicyclic) bond motifs is 1. The Balaban J connectivity index is 2.40. The molecule has 2 aromatic rings. The van der Waals surface area contributed by atoms with Gasteiger partial charge in [0.25, 0.3) is 5.56 Å². The summed E-state index contributed by atoms with van der Waals surface area (Å²) in [5.74, 6) is 0.543. The minimum atomic E-state index is -0.715. The van der Waals surface area contributed by atoms with Crippen LogP contribution in [0.4, 0.5) is 0 Å². The number of benzene rings is 1. The first kappa shape index (κ1) is 17.4. The highest BCUT2D eigenvalue weighted by molar-refractivity contribution is 5.60. The van der Waals surface area contributed by atoms with Crippen molar-refractivity contribution >= 4 is 0 Å². The maximum atomic E-state index is 13.0. The summed E-state index contributed by atoms with van der Waals surface area (Å²) in [5, 5.41) is 9.67. The van der Waals surface area contributed by atoms with Crippen molar-refractivity contribution in [3.8, 4) is 23.3 Å². The molecule has 1 aliphatic heterocycles. The summed E-state index contributed by atoms with van der Waals surface area (Å²) in [6.45, 7) is 1.80. The smallest absolute Gasteiger partial charge is 0.258 e. The van der Waals surface area contributed by atoms with Crippen molar-refractivity contribution in [3.63, 3.8) is 0 Å². The lowest BCUT2D eigenvalue weighted by molar-refractivity contribution is 0.348. The van der Waals surface area contributed by atoms with Crippen LogP contribution in [0.25, 0.3) is 0 Å². The number of pyridine rings is 1. The predicted octanol–water partition coefficient (Wildman–Crippen LogP) is 1.93. The fourth-order valence-electron chi connectivity index (χ4n) is 3.19. The number of para-hydroxylation sites is 1. The third-order valence-electron chi connectivity index (χ3n) is 4.60. The fourth-order valence-corrected chi connectivity index (χ4v) is 3.19. The molecule has 134 valence electrons. The first-order chi connectivity index (χ1) is 12.4. The van der Waals surface area contributed by atoms with Gasteiger partial charge in [-0.1, -0.05) is 12.1 Å². The molecule has 0 aliphatic carbocycles. The average Bonchev–Trinajstić information content (AvgIpc) is 2.64. The zero-order valence-corrected chi connectivity index (χ0v) is 15.0. The molecule has 1 aromatic heterocycles. The minimum Gasteiger partial charge on any atom is -0.493 e. The van der Waals surface area contributed by atoms with E-state index in [1.807, 2.05) is 0 Å². The summed E-state index contributed by atoms with van der Waals surface area (Å²) in [6, 6.07) is 9.11. The zero-order valence-electron chi connectivity index (χ0n) is 15.0. The highest BCUT2D eigenvalue weighted by atomic mass is 16.5. The van der Waals surface area contributed by atoms with Gasteiger partial charge in [0.2, 0.25) is 5.88 Å². The van der Waals surface area contributed by atoms with E-state index in [1.165, 1.54) is 18.8 Å². The van der Waals surface area contributed by atoms with E-state index in [-0.39, 0.29) is 17.0 Å². The number of nitrogens with two attached hydrogens (primary N) is 1. The summed E-state index contributed by atoms with van der Waals surface area (Å²) < 4.78 is 18.0. The van der Waals surface area contributed by atoms with Gasteiger partial charge in [0.05, 0.1) is 25.7 Å². The van der Waals surface area contributed by atoms with Crippen molar-refractivity contribution < 1.29 is 14.2 Å². The molecular weight excluding hydrogens is 334 g/mol. The van der Waals surface area contributed by atoms with E-state index >= 15 is 0 Å². The lowest BCUT2D eigenvalue weighted by Crippen LogP contribution is -2.31. The normalized spacial score (nSPS) is 15.7. The van der Waals surface area contributed by atoms with Crippen molar-refractivity contribution in [1.29, 1.82) is 5.26 Å². The van der Waals surface area contributed by atoms with Crippen molar-refractivity contribution in [2.24, 2.45) is 12.8 Å². The number of methoxy groups -OCH3 is 2. The monoisotopic (exact) mass is 353 g/mol. The van der Waals surface area contributed by atoms with Crippen molar-refractivity contribution in [2.75, 3.05) is 14.2 Å². The molecule has 7 nitrogen and oxygen atoms in total. The summed E-state index contributed by atoms with van der Waals surface area (Å²) in [6.07, 6.45) is 0. The molecule has 1 atom stereocenters. The first-order valence-corrected chi connectivity index (χ1v) is 7.93. The van der Waals surface area contributed by atoms with Gasteiger partial charge in [0.15, 0.2) is 11.5 Å². The summed E-state index contributed by atoms with van der Waals surface area (Å²) in [4.78, 5) is 13.0. The second-order valence-corrected chi connectivity index (χ2v) is 5.94. The Morgan fingerprint density at radius 3 is 2.65 bits per heavy atom. The topological polar surface area (TPSA) is 99.5 Å². The van der Waals surface area contributed by atoms with E-state index in [1.54, 1.807) is 38.2 Å². The fraction of sp³-hybridized carbons (Fsp3) is 0.263. The molecule has 2 heterocycles. The number of nitrogens with zero attached hydrogens (tertiary/aromatic N) is 2. The molecule has 2 N–H and O–H groups in total. The van der Waals surface area contributed by atoms with Gasteiger partial charge in [0.1, 0.15) is 17.4 Å². The number of allylic oxidation sites excluding steroid dienone is 1. The molecule has 0 saturated carbocycles. The Morgan fingerprint density at radius 1 is 1.31 bits per heavy atom. The van der Waals surface area contributed by atoms with Gasteiger partial charge < -0.3 is 24.5 Å². The molecule has 26 heavy (non-hydrogen) atoms. The van der Waals surface area contributed by atoms with Crippen LogP contribution >= 0.6 is 0 Å². The maximum absolute atomic E-state index is 13.0. The highest BCUT2D eigenvalue weighted by Crippen LogP contribution is 2.45. The van der Waals surface area contributed by atoms with Crippen LogP contribution in [0, 0.1) is 18.3 Å². The molecule has 7 heteroatoms. The number of hydrogen-bond acceptors (Lipinski definition) is 6. The number of aromatic nitrogens is 1. The first-order valence-electron chi connectivity index (χ1n) is 7.93. The van der Waals surface area contributed by atoms with Gasteiger partial charge >= 0.3 is 0 Å². The number of ether oxygens (including phenoxy) is 3. The van der Waals surface area contributed by atoms with Crippen molar-refractivity contribution in [1.82, 2.24) is 4.57 Å². The van der Waals surface area contributed by atoms with E-state index < -0.39 is 5.92 Å². The lowest BCUT2D eigenvalue weighted by Gasteiger charge is -2.28. The van der Waals surface area contributed by atoms with Crippen LogP contribution in [0.5, 0.6) is 17.2 Å². The highest BCUT2D eigenvalue weighted by Gasteiger charge is 2.36. The molecule has 0 amide bonds. The minimum absolute atomic E-state index is 0.0254. The number of rotatable bonds is 3. The Kier molecular flexibility index (Phi) is 4.34. The number of hydrogen-bond donors (Lipinski definition) is 1. The quantitative estimate of drug-likeness (QED) is 0.905. The van der Waals surface area contributed by atoms with Crippen LogP contribution in [0.2, 0.25) is 0 Å². The Morgan fingerprint density at radius 2 is 2.04 bits per heavy atom. The Labute approximate surface area is 150 Å². The molecule has 0 bridgehead atoms. The molecule has 3 rings (SSSR count). The number of nitriles is 1. The second-order valence-electron chi connectivity index (χ2n) is 5.94.